The van der Waals surface area contributed by atoms with Gasteiger partial charge in [0.1, 0.15) is 0 Å². The van der Waals surface area contributed by atoms with Gasteiger partial charge < -0.3 is 11.1 Å². The number of nitrogen functional groups attached to an aromatic ring is 1. The van der Waals surface area contributed by atoms with E-state index >= 15 is 0 Å². The minimum absolute atomic E-state index is 0.712. The summed E-state index contributed by atoms with van der Waals surface area (Å²) in [5.74, 6) is 0. The number of hydrogen-bond donors (Lipinski definition) is 2. The van der Waals surface area contributed by atoms with Crippen molar-refractivity contribution < 1.29 is 0 Å². The first kappa shape index (κ1) is 7.02. The summed E-state index contributed by atoms with van der Waals surface area (Å²) in [6.45, 7) is 0. The lowest BCUT2D eigenvalue weighted by Gasteiger charge is -2.01. The monoisotopic (exact) mass is 152 g/mol. The molecule has 0 bridgehead atoms. The lowest BCUT2D eigenvalue weighted by molar-refractivity contribution is 1.65. The molecule has 0 saturated carbocycles. The molecule has 1 aromatic carbocycles. The zero-order chi connectivity index (χ0) is 7.40. The van der Waals surface area contributed by atoms with Crippen molar-refractivity contribution in [3.63, 3.8) is 0 Å². The first-order valence-corrected chi connectivity index (χ1v) is 3.36. The van der Waals surface area contributed by atoms with Crippen LogP contribution in [0.2, 0.25) is 0 Å². The predicted molar refractivity (Wildman–Crippen MR) is 48.1 cm³/mol. The van der Waals surface area contributed by atoms with Crippen LogP contribution in [-0.2, 0) is 0 Å². The first-order chi connectivity index (χ1) is 4.84. The normalized spacial score (nSPS) is 8.80. The molecule has 0 radical (unpaired) electrons. The van der Waals surface area contributed by atoms with E-state index in [-0.39, 0.29) is 0 Å². The maximum atomic E-state index is 5.58. The Balaban J connectivity index is 2.91. The molecule has 0 saturated heterocycles. The van der Waals surface area contributed by atoms with Crippen LogP contribution in [0.4, 0.5) is 11.4 Å². The molecule has 0 aliphatic carbocycles. The van der Waals surface area contributed by atoms with E-state index in [0.29, 0.717) is 5.69 Å². The molecule has 0 atom stereocenters. The van der Waals surface area contributed by atoms with Gasteiger partial charge in [0.15, 0.2) is 0 Å². The van der Waals surface area contributed by atoms with Gasteiger partial charge in [-0.3, -0.25) is 0 Å². The molecule has 0 aliphatic rings. The van der Waals surface area contributed by atoms with Crippen molar-refractivity contribution in [3.05, 3.63) is 24.3 Å². The Morgan fingerprint density at radius 3 is 2.70 bits per heavy atom. The van der Waals surface area contributed by atoms with Crippen LogP contribution >= 0.6 is 12.2 Å². The smallest absolute Gasteiger partial charge is 0.0659 e. The second kappa shape index (κ2) is 3.17. The van der Waals surface area contributed by atoms with Crippen molar-refractivity contribution in [3.8, 4) is 0 Å². The van der Waals surface area contributed by atoms with Crippen molar-refractivity contribution in [2.45, 2.75) is 0 Å². The minimum atomic E-state index is 0.712. The molecule has 0 unspecified atom stereocenters. The summed E-state index contributed by atoms with van der Waals surface area (Å²) in [7, 11) is 0. The highest BCUT2D eigenvalue weighted by molar-refractivity contribution is 7.79. The summed E-state index contributed by atoms with van der Waals surface area (Å²) in [5, 5.41) is 2.84. The Morgan fingerprint density at radius 1 is 1.40 bits per heavy atom. The third-order valence-electron chi connectivity index (χ3n) is 1.18. The fourth-order valence-corrected chi connectivity index (χ4v) is 0.819. The van der Waals surface area contributed by atoms with Gasteiger partial charge >= 0.3 is 0 Å². The molecule has 1 aromatic rings. The van der Waals surface area contributed by atoms with Crippen molar-refractivity contribution in [2.75, 3.05) is 11.1 Å². The summed E-state index contributed by atoms with van der Waals surface area (Å²) in [5.41, 5.74) is 8.58. The molecule has 1 rings (SSSR count). The third kappa shape index (κ3) is 1.45. The molecule has 0 aromatic heterocycles. The SMILES string of the molecule is Nc1ccccc1NC=S. The van der Waals surface area contributed by atoms with Crippen LogP contribution in [0.25, 0.3) is 0 Å². The largest absolute Gasteiger partial charge is 0.397 e. The van der Waals surface area contributed by atoms with Crippen LogP contribution in [0.5, 0.6) is 0 Å². The van der Waals surface area contributed by atoms with Gasteiger partial charge in [0, 0.05) is 0 Å². The molecule has 0 heterocycles. The predicted octanol–water partition coefficient (Wildman–Crippen LogP) is 1.64. The molecule has 52 valence electrons. The van der Waals surface area contributed by atoms with E-state index in [1.54, 1.807) is 0 Å². The first-order valence-electron chi connectivity index (χ1n) is 2.89. The van der Waals surface area contributed by atoms with Crippen LogP contribution in [0, 0.1) is 0 Å². The number of nitrogens with one attached hydrogen (secondary N) is 1. The van der Waals surface area contributed by atoms with Gasteiger partial charge in [0.25, 0.3) is 0 Å². The van der Waals surface area contributed by atoms with Gasteiger partial charge in [0.05, 0.1) is 16.9 Å². The van der Waals surface area contributed by atoms with Crippen molar-refractivity contribution in [2.24, 2.45) is 0 Å². The Morgan fingerprint density at radius 2 is 2.10 bits per heavy atom. The molecule has 0 amide bonds. The highest BCUT2D eigenvalue weighted by atomic mass is 32.1. The highest BCUT2D eigenvalue weighted by Crippen LogP contribution is 2.15. The Bertz CT molecular complexity index is 235. The number of anilines is 2. The fraction of sp³-hybridized carbons (Fsp3) is 0. The van der Waals surface area contributed by atoms with Crippen molar-refractivity contribution in [1.29, 1.82) is 0 Å². The zero-order valence-corrected chi connectivity index (χ0v) is 6.19. The van der Waals surface area contributed by atoms with E-state index in [1.807, 2.05) is 24.3 Å². The average molecular weight is 152 g/mol. The molecular formula is C7H8N2S. The standard InChI is InChI=1S/C7H8N2S/c8-6-3-1-2-4-7(6)9-5-10/h1-5H,8H2,(H,9,10). The summed E-state index contributed by atoms with van der Waals surface area (Å²) in [6, 6.07) is 7.47. The van der Waals surface area contributed by atoms with Crippen LogP contribution in [0.1, 0.15) is 0 Å². The van der Waals surface area contributed by atoms with E-state index in [2.05, 4.69) is 17.5 Å². The Labute approximate surface area is 65.0 Å². The van der Waals surface area contributed by atoms with Crippen LogP contribution in [0.3, 0.4) is 0 Å². The van der Waals surface area contributed by atoms with Crippen molar-refractivity contribution >= 4 is 29.1 Å². The van der Waals surface area contributed by atoms with Crippen LogP contribution in [0.15, 0.2) is 24.3 Å². The van der Waals surface area contributed by atoms with Crippen LogP contribution in [-0.4, -0.2) is 5.49 Å². The lowest BCUT2D eigenvalue weighted by Crippen LogP contribution is -1.96. The topological polar surface area (TPSA) is 38.0 Å². The summed E-state index contributed by atoms with van der Waals surface area (Å²) < 4.78 is 0. The Hall–Kier alpha value is -1.09. The molecule has 0 aliphatic heterocycles. The second-order valence-corrected chi connectivity index (χ2v) is 2.09. The van der Waals surface area contributed by atoms with Crippen molar-refractivity contribution in [1.82, 2.24) is 0 Å². The zero-order valence-electron chi connectivity index (χ0n) is 5.37. The molecule has 3 N–H and O–H groups in total. The van der Waals surface area contributed by atoms with E-state index < -0.39 is 0 Å². The Kier molecular flexibility index (Phi) is 2.23. The summed E-state index contributed by atoms with van der Waals surface area (Å²) >= 11 is 4.60. The third-order valence-corrected chi connectivity index (χ3v) is 1.29. The lowest BCUT2D eigenvalue weighted by atomic mass is 10.3. The van der Waals surface area contributed by atoms with Gasteiger partial charge in [-0.25, -0.2) is 0 Å². The maximum Gasteiger partial charge on any atom is 0.0659 e. The molecule has 2 nitrogen and oxygen atoms in total. The molecular weight excluding hydrogens is 144 g/mol. The molecule has 10 heavy (non-hydrogen) atoms. The van der Waals surface area contributed by atoms with Crippen LogP contribution < -0.4 is 11.1 Å². The number of benzene rings is 1. The van der Waals surface area contributed by atoms with Gasteiger partial charge in [-0.2, -0.15) is 0 Å². The van der Waals surface area contributed by atoms with E-state index in [1.165, 1.54) is 5.49 Å². The van der Waals surface area contributed by atoms with Gasteiger partial charge in [-0.15, -0.1) is 0 Å². The molecule has 3 heteroatoms. The second-order valence-electron chi connectivity index (χ2n) is 1.85. The average Bonchev–Trinajstić information content (AvgIpc) is 1.94. The van der Waals surface area contributed by atoms with Gasteiger partial charge in [0.2, 0.25) is 0 Å². The van der Waals surface area contributed by atoms with Gasteiger partial charge in [-0.1, -0.05) is 24.4 Å². The number of thiocarbonyl (C=S) groups is 1. The molecule has 0 fully saturated rings. The van der Waals surface area contributed by atoms with E-state index in [9.17, 15) is 0 Å². The minimum Gasteiger partial charge on any atom is -0.397 e. The number of rotatable bonds is 2. The van der Waals surface area contributed by atoms with Gasteiger partial charge in [-0.05, 0) is 12.1 Å². The fourth-order valence-electron chi connectivity index (χ4n) is 0.692. The summed E-state index contributed by atoms with van der Waals surface area (Å²) in [6.07, 6.45) is 0. The molecule has 0 spiro atoms. The summed E-state index contributed by atoms with van der Waals surface area (Å²) in [4.78, 5) is 0. The van der Waals surface area contributed by atoms with E-state index in [4.69, 9.17) is 5.73 Å². The number of nitrogens with two attached hydrogens (primary N) is 1. The number of para-hydroxylation sites is 2. The maximum absolute atomic E-state index is 5.58. The van der Waals surface area contributed by atoms with E-state index in [0.717, 1.165) is 5.69 Å². The quantitative estimate of drug-likeness (QED) is 0.499. The number of hydrogen-bond acceptors (Lipinski definition) is 2. The highest BCUT2D eigenvalue weighted by Gasteiger charge is 1.90.